The highest BCUT2D eigenvalue weighted by molar-refractivity contribution is 7.80. The third kappa shape index (κ3) is 6.37. The highest BCUT2D eigenvalue weighted by Gasteiger charge is 2.09. The highest BCUT2D eigenvalue weighted by atomic mass is 32.1. The maximum absolute atomic E-state index is 12.4. The second kappa shape index (κ2) is 10.4. The summed E-state index contributed by atoms with van der Waals surface area (Å²) in [5, 5.41) is 5.89. The first-order valence-corrected chi connectivity index (χ1v) is 9.11. The number of carbonyl (C=O) groups is 1. The number of hydrogen-bond donors (Lipinski definition) is 2. The zero-order valence-corrected chi connectivity index (χ0v) is 15.9. The molecule has 5 nitrogen and oxygen atoms in total. The second-order valence-corrected chi connectivity index (χ2v) is 6.00. The van der Waals surface area contributed by atoms with Crippen LogP contribution in [-0.2, 0) is 0 Å². The molecule has 0 spiro atoms. The summed E-state index contributed by atoms with van der Waals surface area (Å²) >= 11 is 5.21. The topological polar surface area (TPSA) is 59.6 Å². The van der Waals surface area contributed by atoms with Gasteiger partial charge in [0.1, 0.15) is 11.5 Å². The van der Waals surface area contributed by atoms with E-state index < -0.39 is 0 Å². The Morgan fingerprint density at radius 2 is 1.81 bits per heavy atom. The average Bonchev–Trinajstić information content (AvgIpc) is 2.64. The van der Waals surface area contributed by atoms with E-state index in [4.69, 9.17) is 21.7 Å². The Labute approximate surface area is 159 Å². The number of rotatable bonds is 8. The third-order valence-electron chi connectivity index (χ3n) is 3.51. The van der Waals surface area contributed by atoms with Crippen LogP contribution in [0, 0.1) is 0 Å². The molecule has 0 aromatic heterocycles. The van der Waals surface area contributed by atoms with Crippen molar-refractivity contribution in [2.75, 3.05) is 18.5 Å². The minimum atomic E-state index is -0.283. The molecule has 2 N–H and O–H groups in total. The Morgan fingerprint density at radius 1 is 1.04 bits per heavy atom. The molecule has 2 rings (SSSR count). The minimum Gasteiger partial charge on any atom is -0.494 e. The fourth-order valence-corrected chi connectivity index (χ4v) is 2.41. The summed E-state index contributed by atoms with van der Waals surface area (Å²) in [5.74, 6) is 1.18. The Kier molecular flexibility index (Phi) is 7.89. The van der Waals surface area contributed by atoms with Crippen molar-refractivity contribution in [2.45, 2.75) is 26.7 Å². The van der Waals surface area contributed by atoms with Gasteiger partial charge in [0, 0.05) is 11.3 Å². The van der Waals surface area contributed by atoms with Gasteiger partial charge >= 0.3 is 0 Å². The molecule has 0 bridgehead atoms. The summed E-state index contributed by atoms with van der Waals surface area (Å²) < 4.78 is 11.0. The SMILES string of the molecule is CCCCOc1cccc(C(=O)NC(=S)Nc2ccc(OCC)cc2)c1. The van der Waals surface area contributed by atoms with Gasteiger partial charge in [-0.3, -0.25) is 10.1 Å². The van der Waals surface area contributed by atoms with Gasteiger partial charge < -0.3 is 14.8 Å². The largest absolute Gasteiger partial charge is 0.494 e. The van der Waals surface area contributed by atoms with Gasteiger partial charge in [-0.1, -0.05) is 19.4 Å². The molecule has 0 aliphatic heterocycles. The summed E-state index contributed by atoms with van der Waals surface area (Å²) in [5.41, 5.74) is 1.27. The summed E-state index contributed by atoms with van der Waals surface area (Å²) in [6, 6.07) is 14.4. The van der Waals surface area contributed by atoms with E-state index in [1.54, 1.807) is 18.2 Å². The maximum Gasteiger partial charge on any atom is 0.257 e. The van der Waals surface area contributed by atoms with Crippen molar-refractivity contribution < 1.29 is 14.3 Å². The molecule has 0 radical (unpaired) electrons. The van der Waals surface area contributed by atoms with E-state index in [0.29, 0.717) is 24.5 Å². The van der Waals surface area contributed by atoms with Gasteiger partial charge in [-0.05, 0) is 68.0 Å². The van der Waals surface area contributed by atoms with Crippen molar-refractivity contribution in [1.29, 1.82) is 0 Å². The lowest BCUT2D eigenvalue weighted by Crippen LogP contribution is -2.34. The van der Waals surface area contributed by atoms with Crippen molar-refractivity contribution >= 4 is 28.9 Å². The molecule has 1 amide bonds. The minimum absolute atomic E-state index is 0.233. The quantitative estimate of drug-likeness (QED) is 0.532. The molecule has 0 saturated heterocycles. The van der Waals surface area contributed by atoms with Crippen LogP contribution in [0.4, 0.5) is 5.69 Å². The van der Waals surface area contributed by atoms with E-state index in [1.807, 2.05) is 37.3 Å². The molecule has 2 aromatic rings. The lowest BCUT2D eigenvalue weighted by molar-refractivity contribution is 0.0977. The molecule has 0 aliphatic rings. The molecule has 6 heteroatoms. The van der Waals surface area contributed by atoms with Crippen LogP contribution in [0.3, 0.4) is 0 Å². The molecule has 2 aromatic carbocycles. The first-order valence-electron chi connectivity index (χ1n) is 8.70. The van der Waals surface area contributed by atoms with Gasteiger partial charge in [-0.2, -0.15) is 0 Å². The molecule has 0 heterocycles. The van der Waals surface area contributed by atoms with E-state index in [-0.39, 0.29) is 11.0 Å². The average molecular weight is 372 g/mol. The molecule has 0 atom stereocenters. The van der Waals surface area contributed by atoms with Crippen LogP contribution >= 0.6 is 12.2 Å². The third-order valence-corrected chi connectivity index (χ3v) is 3.72. The number of amides is 1. The second-order valence-electron chi connectivity index (χ2n) is 5.60. The summed E-state index contributed by atoms with van der Waals surface area (Å²) in [6.07, 6.45) is 2.04. The number of ether oxygens (including phenoxy) is 2. The van der Waals surface area contributed by atoms with E-state index in [9.17, 15) is 4.79 Å². The predicted molar refractivity (Wildman–Crippen MR) is 108 cm³/mol. The monoisotopic (exact) mass is 372 g/mol. The number of anilines is 1. The van der Waals surface area contributed by atoms with Crippen LogP contribution in [0.1, 0.15) is 37.0 Å². The van der Waals surface area contributed by atoms with Crippen molar-refractivity contribution in [3.63, 3.8) is 0 Å². The van der Waals surface area contributed by atoms with Crippen LogP contribution in [0.15, 0.2) is 48.5 Å². The van der Waals surface area contributed by atoms with E-state index >= 15 is 0 Å². The number of unbranched alkanes of at least 4 members (excludes halogenated alkanes) is 1. The van der Waals surface area contributed by atoms with Crippen molar-refractivity contribution in [1.82, 2.24) is 5.32 Å². The molecule has 0 fully saturated rings. The van der Waals surface area contributed by atoms with Gasteiger partial charge in [0.25, 0.3) is 5.91 Å². The van der Waals surface area contributed by atoms with Crippen LogP contribution < -0.4 is 20.1 Å². The molecule has 138 valence electrons. The smallest absolute Gasteiger partial charge is 0.257 e. The summed E-state index contributed by atoms with van der Waals surface area (Å²) in [4.78, 5) is 12.4. The number of benzene rings is 2. The zero-order valence-electron chi connectivity index (χ0n) is 15.1. The first kappa shape index (κ1) is 19.7. The number of thiocarbonyl (C=S) groups is 1. The molecule has 0 unspecified atom stereocenters. The van der Waals surface area contributed by atoms with E-state index in [0.717, 1.165) is 24.3 Å². The standard InChI is InChI=1S/C20H24N2O3S/c1-3-5-13-25-18-8-6-7-15(14-18)19(23)22-20(26)21-16-9-11-17(12-10-16)24-4-2/h6-12,14H,3-5,13H2,1-2H3,(H2,21,22,23,26). The van der Waals surface area contributed by atoms with Gasteiger partial charge in [0.05, 0.1) is 13.2 Å². The highest BCUT2D eigenvalue weighted by Crippen LogP contribution is 2.16. The van der Waals surface area contributed by atoms with Crippen LogP contribution in [-0.4, -0.2) is 24.2 Å². The van der Waals surface area contributed by atoms with Gasteiger partial charge in [0.2, 0.25) is 0 Å². The zero-order chi connectivity index (χ0) is 18.8. The number of carbonyl (C=O) groups excluding carboxylic acids is 1. The normalized spacial score (nSPS) is 10.1. The Hall–Kier alpha value is -2.60. The number of nitrogens with one attached hydrogen (secondary N) is 2. The summed E-state index contributed by atoms with van der Waals surface area (Å²) in [7, 11) is 0. The molecule has 0 saturated carbocycles. The van der Waals surface area contributed by atoms with Gasteiger partial charge in [-0.15, -0.1) is 0 Å². The van der Waals surface area contributed by atoms with Crippen LogP contribution in [0.25, 0.3) is 0 Å². The number of hydrogen-bond acceptors (Lipinski definition) is 4. The fourth-order valence-electron chi connectivity index (χ4n) is 2.20. The predicted octanol–water partition coefficient (Wildman–Crippen LogP) is 4.39. The van der Waals surface area contributed by atoms with Crippen molar-refractivity contribution in [3.8, 4) is 11.5 Å². The summed E-state index contributed by atoms with van der Waals surface area (Å²) in [6.45, 7) is 5.29. The van der Waals surface area contributed by atoms with E-state index in [1.165, 1.54) is 0 Å². The van der Waals surface area contributed by atoms with Gasteiger partial charge in [0.15, 0.2) is 5.11 Å². The Morgan fingerprint density at radius 3 is 2.50 bits per heavy atom. The Bertz CT molecular complexity index is 732. The van der Waals surface area contributed by atoms with Gasteiger partial charge in [-0.25, -0.2) is 0 Å². The molecular formula is C20H24N2O3S. The lowest BCUT2D eigenvalue weighted by atomic mass is 10.2. The molecule has 26 heavy (non-hydrogen) atoms. The Balaban J connectivity index is 1.90. The first-order chi connectivity index (χ1) is 12.6. The fraction of sp³-hybridized carbons (Fsp3) is 0.300. The van der Waals surface area contributed by atoms with Crippen LogP contribution in [0.2, 0.25) is 0 Å². The maximum atomic E-state index is 12.4. The lowest BCUT2D eigenvalue weighted by Gasteiger charge is -2.11. The van der Waals surface area contributed by atoms with E-state index in [2.05, 4.69) is 17.6 Å². The van der Waals surface area contributed by atoms with Crippen molar-refractivity contribution in [3.05, 3.63) is 54.1 Å². The molecule has 0 aliphatic carbocycles. The molecular weight excluding hydrogens is 348 g/mol. The van der Waals surface area contributed by atoms with Crippen LogP contribution in [0.5, 0.6) is 11.5 Å². The van der Waals surface area contributed by atoms with Crippen molar-refractivity contribution in [2.24, 2.45) is 0 Å².